The number of thioether (sulfide) groups is 1. The summed E-state index contributed by atoms with van der Waals surface area (Å²) < 4.78 is 15.2. The topological polar surface area (TPSA) is 64.0 Å². The lowest BCUT2D eigenvalue weighted by atomic mass is 10.1. The number of carbonyl (C=O) groups is 1. The van der Waals surface area contributed by atoms with Crippen LogP contribution in [-0.4, -0.2) is 21.2 Å². The summed E-state index contributed by atoms with van der Waals surface area (Å²) in [6.45, 7) is 5.65. The molecule has 3 rings (SSSR count). The Bertz CT molecular complexity index is 879. The molecule has 132 valence electrons. The van der Waals surface area contributed by atoms with E-state index in [0.29, 0.717) is 22.2 Å². The Balaban J connectivity index is 1.74. The van der Waals surface area contributed by atoms with Crippen LogP contribution in [0.1, 0.15) is 43.5 Å². The van der Waals surface area contributed by atoms with Crippen LogP contribution < -0.4 is 10.9 Å². The largest absolute Gasteiger partial charge is 0.326 e. The summed E-state index contributed by atoms with van der Waals surface area (Å²) in [7, 11) is 0. The standard InChI is InChI=1S/C18H20FN3O2S/c1-10(2)15-8-17(24)22-13(9-25-18(22)21-15)7-16(23)20-12-5-4-11(3)14(19)6-12/h4-6,8,10,13H,7,9H2,1-3H3,(H,20,23)/t13-/m0/s1. The zero-order chi connectivity index (χ0) is 18.1. The normalized spacial score (nSPS) is 16.1. The molecule has 1 aromatic heterocycles. The highest BCUT2D eigenvalue weighted by atomic mass is 32.2. The van der Waals surface area contributed by atoms with Gasteiger partial charge in [0, 0.05) is 23.9 Å². The Hall–Kier alpha value is -2.15. The molecule has 1 amide bonds. The quantitative estimate of drug-likeness (QED) is 0.847. The van der Waals surface area contributed by atoms with Crippen molar-refractivity contribution in [1.29, 1.82) is 0 Å². The molecule has 2 heterocycles. The molecule has 1 aliphatic heterocycles. The van der Waals surface area contributed by atoms with E-state index in [0.717, 1.165) is 5.69 Å². The van der Waals surface area contributed by atoms with Crippen molar-refractivity contribution in [3.05, 3.63) is 51.7 Å². The van der Waals surface area contributed by atoms with Crippen LogP contribution in [0.2, 0.25) is 0 Å². The van der Waals surface area contributed by atoms with E-state index in [1.807, 2.05) is 13.8 Å². The molecular formula is C18H20FN3O2S. The van der Waals surface area contributed by atoms with Gasteiger partial charge >= 0.3 is 0 Å². The van der Waals surface area contributed by atoms with E-state index >= 15 is 0 Å². The number of halogens is 1. The molecular weight excluding hydrogens is 341 g/mol. The number of fused-ring (bicyclic) bond motifs is 1. The summed E-state index contributed by atoms with van der Waals surface area (Å²) in [5.74, 6) is 0.195. The average Bonchev–Trinajstić information content (AvgIpc) is 2.94. The summed E-state index contributed by atoms with van der Waals surface area (Å²) in [6.07, 6.45) is 0.151. The SMILES string of the molecule is Cc1ccc(NC(=O)C[C@H]2CSc3nc(C(C)C)cc(=O)n32)cc1F. The molecule has 2 aromatic rings. The number of aryl methyl sites for hydroxylation is 1. The van der Waals surface area contributed by atoms with E-state index in [-0.39, 0.29) is 35.7 Å². The fourth-order valence-corrected chi connectivity index (χ4v) is 3.87. The lowest BCUT2D eigenvalue weighted by molar-refractivity contribution is -0.116. The van der Waals surface area contributed by atoms with Gasteiger partial charge in [-0.05, 0) is 30.5 Å². The lowest BCUT2D eigenvalue weighted by Gasteiger charge is -2.14. The van der Waals surface area contributed by atoms with Crippen molar-refractivity contribution in [1.82, 2.24) is 9.55 Å². The number of hydrogen-bond donors (Lipinski definition) is 1. The molecule has 0 spiro atoms. The molecule has 1 atom stereocenters. The molecule has 1 aliphatic rings. The predicted octanol–water partition coefficient (Wildman–Crippen LogP) is 3.49. The van der Waals surface area contributed by atoms with E-state index in [1.54, 1.807) is 29.7 Å². The van der Waals surface area contributed by atoms with Crippen molar-refractivity contribution in [3.8, 4) is 0 Å². The predicted molar refractivity (Wildman–Crippen MR) is 96.7 cm³/mol. The second-order valence-electron chi connectivity index (χ2n) is 6.51. The first kappa shape index (κ1) is 17.7. The average molecular weight is 361 g/mol. The third kappa shape index (κ3) is 3.76. The summed E-state index contributed by atoms with van der Waals surface area (Å²) >= 11 is 1.49. The van der Waals surface area contributed by atoms with Crippen LogP contribution in [0.3, 0.4) is 0 Å². The molecule has 1 aromatic carbocycles. The summed E-state index contributed by atoms with van der Waals surface area (Å²) in [5, 5.41) is 3.36. The fraction of sp³-hybridized carbons (Fsp3) is 0.389. The van der Waals surface area contributed by atoms with Gasteiger partial charge in [-0.25, -0.2) is 9.37 Å². The minimum absolute atomic E-state index is 0.127. The molecule has 25 heavy (non-hydrogen) atoms. The van der Waals surface area contributed by atoms with Crippen molar-refractivity contribution >= 4 is 23.4 Å². The van der Waals surface area contributed by atoms with Gasteiger partial charge in [-0.15, -0.1) is 0 Å². The molecule has 0 fully saturated rings. The monoisotopic (exact) mass is 361 g/mol. The molecule has 5 nitrogen and oxygen atoms in total. The zero-order valence-corrected chi connectivity index (χ0v) is 15.2. The number of aromatic nitrogens is 2. The van der Waals surface area contributed by atoms with Crippen LogP contribution in [0.4, 0.5) is 10.1 Å². The Kier molecular flexibility index (Phi) is 4.94. The number of rotatable bonds is 4. The summed E-state index contributed by atoms with van der Waals surface area (Å²) in [6, 6.07) is 5.88. The Morgan fingerprint density at radius 3 is 2.88 bits per heavy atom. The molecule has 0 radical (unpaired) electrons. The van der Waals surface area contributed by atoms with E-state index in [1.165, 1.54) is 17.8 Å². The van der Waals surface area contributed by atoms with Crippen molar-refractivity contribution in [3.63, 3.8) is 0 Å². The van der Waals surface area contributed by atoms with Crippen molar-refractivity contribution in [2.45, 2.75) is 44.3 Å². The second kappa shape index (κ2) is 7.00. The molecule has 0 saturated heterocycles. The number of anilines is 1. The highest BCUT2D eigenvalue weighted by Gasteiger charge is 2.28. The molecule has 0 unspecified atom stereocenters. The minimum atomic E-state index is -0.360. The van der Waals surface area contributed by atoms with Gasteiger partial charge < -0.3 is 5.32 Å². The molecule has 0 saturated carbocycles. The van der Waals surface area contributed by atoms with Gasteiger partial charge in [0.2, 0.25) is 5.91 Å². The maximum absolute atomic E-state index is 13.6. The van der Waals surface area contributed by atoms with Crippen LogP contribution in [0.25, 0.3) is 0 Å². The third-order valence-corrected chi connectivity index (χ3v) is 5.28. The van der Waals surface area contributed by atoms with Gasteiger partial charge in [0.1, 0.15) is 5.82 Å². The van der Waals surface area contributed by atoms with E-state index < -0.39 is 0 Å². The number of carbonyl (C=O) groups excluding carboxylic acids is 1. The highest BCUT2D eigenvalue weighted by Crippen LogP contribution is 2.33. The molecule has 0 bridgehead atoms. The Morgan fingerprint density at radius 2 is 2.20 bits per heavy atom. The van der Waals surface area contributed by atoms with Crippen molar-refractivity contribution < 1.29 is 9.18 Å². The van der Waals surface area contributed by atoms with E-state index in [9.17, 15) is 14.0 Å². The van der Waals surface area contributed by atoms with Gasteiger partial charge in [0.25, 0.3) is 5.56 Å². The van der Waals surface area contributed by atoms with Gasteiger partial charge in [-0.2, -0.15) is 0 Å². The van der Waals surface area contributed by atoms with E-state index in [4.69, 9.17) is 0 Å². The maximum atomic E-state index is 13.6. The number of benzene rings is 1. The highest BCUT2D eigenvalue weighted by molar-refractivity contribution is 7.99. The maximum Gasteiger partial charge on any atom is 0.254 e. The Morgan fingerprint density at radius 1 is 1.44 bits per heavy atom. The van der Waals surface area contributed by atoms with Crippen LogP contribution in [0, 0.1) is 12.7 Å². The number of amides is 1. The Labute approximate surface area is 149 Å². The van der Waals surface area contributed by atoms with Gasteiger partial charge in [-0.1, -0.05) is 31.7 Å². The first-order chi connectivity index (χ1) is 11.8. The first-order valence-electron chi connectivity index (χ1n) is 8.17. The number of nitrogens with one attached hydrogen (secondary N) is 1. The van der Waals surface area contributed by atoms with E-state index in [2.05, 4.69) is 10.3 Å². The minimum Gasteiger partial charge on any atom is -0.326 e. The molecule has 1 N–H and O–H groups in total. The van der Waals surface area contributed by atoms with Crippen molar-refractivity contribution in [2.24, 2.45) is 0 Å². The summed E-state index contributed by atoms with van der Waals surface area (Å²) in [5.41, 5.74) is 1.58. The van der Waals surface area contributed by atoms with Crippen molar-refractivity contribution in [2.75, 3.05) is 11.1 Å². The third-order valence-electron chi connectivity index (χ3n) is 4.18. The van der Waals surface area contributed by atoms with Crippen LogP contribution in [-0.2, 0) is 4.79 Å². The van der Waals surface area contributed by atoms with Crippen LogP contribution in [0.5, 0.6) is 0 Å². The first-order valence-corrected chi connectivity index (χ1v) is 9.16. The molecule has 7 heteroatoms. The van der Waals surface area contributed by atoms with Crippen LogP contribution >= 0.6 is 11.8 Å². The smallest absolute Gasteiger partial charge is 0.254 e. The number of hydrogen-bond acceptors (Lipinski definition) is 4. The van der Waals surface area contributed by atoms with Gasteiger partial charge in [-0.3, -0.25) is 14.2 Å². The van der Waals surface area contributed by atoms with Gasteiger partial charge in [0.15, 0.2) is 5.16 Å². The number of nitrogens with zero attached hydrogens (tertiary/aromatic N) is 2. The molecule has 0 aliphatic carbocycles. The second-order valence-corrected chi connectivity index (χ2v) is 7.49. The van der Waals surface area contributed by atoms with Gasteiger partial charge in [0.05, 0.1) is 11.7 Å². The summed E-state index contributed by atoms with van der Waals surface area (Å²) in [4.78, 5) is 29.2. The zero-order valence-electron chi connectivity index (χ0n) is 14.4. The van der Waals surface area contributed by atoms with Crippen LogP contribution in [0.15, 0.2) is 34.2 Å². The lowest BCUT2D eigenvalue weighted by Crippen LogP contribution is -2.28. The fourth-order valence-electron chi connectivity index (χ4n) is 2.71.